The highest BCUT2D eigenvalue weighted by Crippen LogP contribution is 2.32. The van der Waals surface area contributed by atoms with Gasteiger partial charge in [0.2, 0.25) is 5.88 Å². The number of methoxy groups -OCH3 is 1. The highest BCUT2D eigenvalue weighted by Gasteiger charge is 2.12. The van der Waals surface area contributed by atoms with Crippen molar-refractivity contribution in [2.45, 2.75) is 6.92 Å². The zero-order valence-corrected chi connectivity index (χ0v) is 15.4. The SMILES string of the molecule is COC(=O)c1ccc(Nc2ncnc(Oc3ccc(Cl)c(C)c3)c2N)cc1. The fourth-order valence-corrected chi connectivity index (χ4v) is 2.41. The number of nitrogen functional groups attached to an aromatic ring is 1. The first-order chi connectivity index (χ1) is 13.0. The van der Waals surface area contributed by atoms with Crippen LogP contribution >= 0.6 is 11.6 Å². The second kappa shape index (κ2) is 7.92. The van der Waals surface area contributed by atoms with Crippen molar-refractivity contribution in [2.24, 2.45) is 0 Å². The van der Waals surface area contributed by atoms with Crippen LogP contribution in [0.4, 0.5) is 17.2 Å². The Morgan fingerprint density at radius 3 is 2.56 bits per heavy atom. The maximum atomic E-state index is 11.5. The van der Waals surface area contributed by atoms with E-state index in [0.717, 1.165) is 5.56 Å². The fraction of sp³-hybridized carbons (Fsp3) is 0.105. The van der Waals surface area contributed by atoms with Gasteiger partial charge in [-0.25, -0.2) is 9.78 Å². The summed E-state index contributed by atoms with van der Waals surface area (Å²) in [5.74, 6) is 0.768. The van der Waals surface area contributed by atoms with E-state index in [4.69, 9.17) is 22.1 Å². The van der Waals surface area contributed by atoms with Crippen LogP contribution in [-0.4, -0.2) is 23.0 Å². The van der Waals surface area contributed by atoms with Crippen molar-refractivity contribution in [3.8, 4) is 11.6 Å². The van der Waals surface area contributed by atoms with Crippen LogP contribution in [0.5, 0.6) is 11.6 Å². The van der Waals surface area contributed by atoms with Crippen LogP contribution < -0.4 is 15.8 Å². The Labute approximate surface area is 161 Å². The fourth-order valence-electron chi connectivity index (χ4n) is 2.30. The molecule has 3 aromatic rings. The summed E-state index contributed by atoms with van der Waals surface area (Å²) in [6.07, 6.45) is 1.35. The summed E-state index contributed by atoms with van der Waals surface area (Å²) >= 11 is 6.03. The number of nitrogens with one attached hydrogen (secondary N) is 1. The number of carbonyl (C=O) groups excluding carboxylic acids is 1. The number of hydrogen-bond acceptors (Lipinski definition) is 7. The second-order valence-electron chi connectivity index (χ2n) is 5.65. The van der Waals surface area contributed by atoms with Crippen molar-refractivity contribution >= 4 is 34.8 Å². The van der Waals surface area contributed by atoms with Gasteiger partial charge in [0.15, 0.2) is 5.82 Å². The van der Waals surface area contributed by atoms with Crippen LogP contribution in [0.3, 0.4) is 0 Å². The Morgan fingerprint density at radius 2 is 1.89 bits per heavy atom. The maximum Gasteiger partial charge on any atom is 0.337 e. The predicted molar refractivity (Wildman–Crippen MR) is 104 cm³/mol. The van der Waals surface area contributed by atoms with E-state index in [1.165, 1.54) is 13.4 Å². The number of aromatic nitrogens is 2. The molecule has 0 aliphatic carbocycles. The molecular weight excluding hydrogens is 368 g/mol. The Kier molecular flexibility index (Phi) is 5.42. The van der Waals surface area contributed by atoms with Crippen molar-refractivity contribution in [3.05, 3.63) is 64.9 Å². The summed E-state index contributed by atoms with van der Waals surface area (Å²) < 4.78 is 10.4. The van der Waals surface area contributed by atoms with Gasteiger partial charge in [-0.05, 0) is 55.0 Å². The Bertz CT molecular complexity index is 977. The molecule has 3 N–H and O–H groups in total. The molecule has 7 nitrogen and oxygen atoms in total. The van der Waals surface area contributed by atoms with Crippen LogP contribution in [-0.2, 0) is 4.74 Å². The minimum atomic E-state index is -0.406. The first kappa shape index (κ1) is 18.5. The molecule has 0 aliphatic rings. The van der Waals surface area contributed by atoms with Crippen molar-refractivity contribution < 1.29 is 14.3 Å². The number of anilines is 3. The summed E-state index contributed by atoms with van der Waals surface area (Å²) in [6.45, 7) is 1.88. The molecule has 0 saturated carbocycles. The highest BCUT2D eigenvalue weighted by atomic mass is 35.5. The van der Waals surface area contributed by atoms with Crippen LogP contribution in [0.1, 0.15) is 15.9 Å². The number of carbonyl (C=O) groups is 1. The molecule has 2 aromatic carbocycles. The van der Waals surface area contributed by atoms with Crippen LogP contribution in [0.15, 0.2) is 48.8 Å². The van der Waals surface area contributed by atoms with Gasteiger partial charge in [0.05, 0.1) is 12.7 Å². The molecule has 0 bridgehead atoms. The molecule has 1 aromatic heterocycles. The maximum absolute atomic E-state index is 11.5. The molecule has 0 fully saturated rings. The summed E-state index contributed by atoms with van der Waals surface area (Å²) in [4.78, 5) is 19.7. The van der Waals surface area contributed by atoms with Gasteiger partial charge in [-0.3, -0.25) is 0 Å². The van der Waals surface area contributed by atoms with Gasteiger partial charge in [-0.1, -0.05) is 11.6 Å². The summed E-state index contributed by atoms with van der Waals surface area (Å²) in [5, 5.41) is 3.72. The molecule has 0 saturated heterocycles. The third kappa shape index (κ3) is 4.27. The normalized spacial score (nSPS) is 10.3. The number of nitrogens with two attached hydrogens (primary N) is 1. The van der Waals surface area contributed by atoms with Gasteiger partial charge >= 0.3 is 5.97 Å². The summed E-state index contributed by atoms with van der Waals surface area (Å²) in [6, 6.07) is 12.0. The van der Waals surface area contributed by atoms with Crippen molar-refractivity contribution in [1.82, 2.24) is 9.97 Å². The standard InChI is InChI=1S/C19H17ClN4O3/c1-11-9-14(7-8-15(11)20)27-18-16(21)17(22-10-23-18)24-13-5-3-12(4-6-13)19(25)26-2/h3-10H,21H2,1-2H3,(H,22,23,24). The third-order valence-corrected chi connectivity index (χ3v) is 4.18. The average molecular weight is 385 g/mol. The van der Waals surface area contributed by atoms with Gasteiger partial charge in [-0.15, -0.1) is 0 Å². The van der Waals surface area contributed by atoms with Crippen LogP contribution in [0.2, 0.25) is 5.02 Å². The monoisotopic (exact) mass is 384 g/mol. The second-order valence-corrected chi connectivity index (χ2v) is 6.06. The average Bonchev–Trinajstić information content (AvgIpc) is 2.68. The van der Waals surface area contributed by atoms with Crippen LogP contribution in [0, 0.1) is 6.92 Å². The van der Waals surface area contributed by atoms with E-state index in [9.17, 15) is 4.79 Å². The molecule has 0 atom stereocenters. The number of nitrogens with zero attached hydrogens (tertiary/aromatic N) is 2. The van der Waals surface area contributed by atoms with E-state index in [1.54, 1.807) is 42.5 Å². The molecule has 27 heavy (non-hydrogen) atoms. The zero-order chi connectivity index (χ0) is 19.4. The third-order valence-electron chi connectivity index (χ3n) is 3.76. The largest absolute Gasteiger partial charge is 0.465 e. The van der Waals surface area contributed by atoms with E-state index in [-0.39, 0.29) is 11.6 Å². The molecule has 0 radical (unpaired) electrons. The first-order valence-corrected chi connectivity index (χ1v) is 8.35. The number of benzene rings is 2. The summed E-state index contributed by atoms with van der Waals surface area (Å²) in [5.41, 5.74) is 8.41. The number of halogens is 1. The Morgan fingerprint density at radius 1 is 1.15 bits per heavy atom. The Hall–Kier alpha value is -3.32. The number of aryl methyl sites for hydroxylation is 1. The molecular formula is C19H17ClN4O3. The molecule has 0 unspecified atom stereocenters. The lowest BCUT2D eigenvalue weighted by Crippen LogP contribution is -2.04. The van der Waals surface area contributed by atoms with E-state index < -0.39 is 5.97 Å². The molecule has 1 heterocycles. The van der Waals surface area contributed by atoms with E-state index in [0.29, 0.717) is 27.8 Å². The van der Waals surface area contributed by atoms with Gasteiger partial charge in [-0.2, -0.15) is 4.98 Å². The van der Waals surface area contributed by atoms with E-state index >= 15 is 0 Å². The lowest BCUT2D eigenvalue weighted by atomic mass is 10.2. The smallest absolute Gasteiger partial charge is 0.337 e. The summed E-state index contributed by atoms with van der Waals surface area (Å²) in [7, 11) is 1.33. The van der Waals surface area contributed by atoms with Gasteiger partial charge in [0.25, 0.3) is 0 Å². The first-order valence-electron chi connectivity index (χ1n) is 7.98. The van der Waals surface area contributed by atoms with Crippen molar-refractivity contribution in [2.75, 3.05) is 18.2 Å². The Balaban J connectivity index is 1.80. The van der Waals surface area contributed by atoms with E-state index in [1.807, 2.05) is 6.92 Å². The molecule has 8 heteroatoms. The predicted octanol–water partition coefficient (Wildman–Crippen LogP) is 4.34. The molecule has 138 valence electrons. The number of ether oxygens (including phenoxy) is 2. The molecule has 3 rings (SSSR count). The molecule has 0 amide bonds. The number of hydrogen-bond donors (Lipinski definition) is 2. The van der Waals surface area contributed by atoms with Gasteiger partial charge in [0.1, 0.15) is 17.8 Å². The molecule has 0 spiro atoms. The van der Waals surface area contributed by atoms with Crippen LogP contribution in [0.25, 0.3) is 0 Å². The number of esters is 1. The quantitative estimate of drug-likeness (QED) is 0.631. The van der Waals surface area contributed by atoms with Gasteiger partial charge < -0.3 is 20.5 Å². The lowest BCUT2D eigenvalue weighted by molar-refractivity contribution is 0.0601. The number of rotatable bonds is 5. The zero-order valence-electron chi connectivity index (χ0n) is 14.7. The highest BCUT2D eigenvalue weighted by molar-refractivity contribution is 6.31. The lowest BCUT2D eigenvalue weighted by Gasteiger charge is -2.12. The minimum Gasteiger partial charge on any atom is -0.465 e. The van der Waals surface area contributed by atoms with Crippen molar-refractivity contribution in [3.63, 3.8) is 0 Å². The van der Waals surface area contributed by atoms with Crippen molar-refractivity contribution in [1.29, 1.82) is 0 Å². The topological polar surface area (TPSA) is 99.4 Å². The van der Waals surface area contributed by atoms with E-state index in [2.05, 4.69) is 20.0 Å². The molecule has 0 aliphatic heterocycles. The minimum absolute atomic E-state index is 0.223. The van der Waals surface area contributed by atoms with Gasteiger partial charge in [0, 0.05) is 10.7 Å².